The summed E-state index contributed by atoms with van der Waals surface area (Å²) in [6.45, 7) is 2.04. The van der Waals surface area contributed by atoms with E-state index in [0.717, 1.165) is 16.9 Å². The predicted molar refractivity (Wildman–Crippen MR) is 115 cm³/mol. The van der Waals surface area contributed by atoms with Crippen molar-refractivity contribution in [2.24, 2.45) is 0 Å². The smallest absolute Gasteiger partial charge is 0.319 e. The van der Waals surface area contributed by atoms with Gasteiger partial charge in [-0.15, -0.1) is 0 Å². The first-order valence-electron chi connectivity index (χ1n) is 10.4. The Morgan fingerprint density at radius 1 is 1.29 bits per heavy atom. The SMILES string of the molecule is COc1ccc(CN2CCO[C@]3(CN(C(=O)N(C)C)C[C@H]3c3cccnc3)C2=O)cc1. The Kier molecular flexibility index (Phi) is 5.82. The number of methoxy groups -OCH3 is 1. The zero-order chi connectivity index (χ0) is 22.0. The molecule has 0 saturated carbocycles. The molecule has 1 aromatic carbocycles. The third-order valence-corrected chi connectivity index (χ3v) is 6.03. The Morgan fingerprint density at radius 3 is 2.71 bits per heavy atom. The summed E-state index contributed by atoms with van der Waals surface area (Å²) in [7, 11) is 5.06. The van der Waals surface area contributed by atoms with Crippen molar-refractivity contribution in [2.45, 2.75) is 18.1 Å². The molecule has 2 atom stereocenters. The molecule has 3 heterocycles. The second-order valence-electron chi connectivity index (χ2n) is 8.21. The van der Waals surface area contributed by atoms with Crippen molar-refractivity contribution in [2.75, 3.05) is 47.4 Å². The van der Waals surface area contributed by atoms with E-state index in [1.54, 1.807) is 38.5 Å². The molecule has 8 heteroatoms. The van der Waals surface area contributed by atoms with Crippen molar-refractivity contribution < 1.29 is 19.1 Å². The fourth-order valence-electron chi connectivity index (χ4n) is 4.45. The number of likely N-dealkylation sites (tertiary alicyclic amines) is 1. The zero-order valence-corrected chi connectivity index (χ0v) is 18.2. The predicted octanol–water partition coefficient (Wildman–Crippen LogP) is 1.97. The van der Waals surface area contributed by atoms with Gasteiger partial charge in [0.25, 0.3) is 5.91 Å². The van der Waals surface area contributed by atoms with Gasteiger partial charge < -0.3 is 24.2 Å². The van der Waals surface area contributed by atoms with Gasteiger partial charge in [0.05, 0.1) is 20.3 Å². The van der Waals surface area contributed by atoms with Gasteiger partial charge in [-0.05, 0) is 29.3 Å². The molecule has 2 aliphatic rings. The van der Waals surface area contributed by atoms with Crippen LogP contribution in [-0.2, 0) is 16.1 Å². The minimum atomic E-state index is -1.11. The van der Waals surface area contributed by atoms with Gasteiger partial charge in [-0.2, -0.15) is 0 Å². The van der Waals surface area contributed by atoms with E-state index in [-0.39, 0.29) is 24.4 Å². The van der Waals surface area contributed by atoms with E-state index in [4.69, 9.17) is 9.47 Å². The Morgan fingerprint density at radius 2 is 2.06 bits per heavy atom. The Bertz CT molecular complexity index is 934. The van der Waals surface area contributed by atoms with E-state index in [1.165, 1.54) is 4.90 Å². The number of hydrogen-bond acceptors (Lipinski definition) is 5. The molecular formula is C23H28N4O4. The highest BCUT2D eigenvalue weighted by molar-refractivity contribution is 5.89. The number of amides is 3. The lowest BCUT2D eigenvalue weighted by Gasteiger charge is -2.42. The van der Waals surface area contributed by atoms with Crippen molar-refractivity contribution in [3.05, 3.63) is 59.9 Å². The molecule has 0 bridgehead atoms. The van der Waals surface area contributed by atoms with Crippen molar-refractivity contribution >= 4 is 11.9 Å². The lowest BCUT2D eigenvalue weighted by Crippen LogP contribution is -2.60. The average molecular weight is 425 g/mol. The molecule has 0 radical (unpaired) electrons. The van der Waals surface area contributed by atoms with E-state index in [2.05, 4.69) is 4.98 Å². The number of hydrogen-bond donors (Lipinski definition) is 0. The molecule has 8 nitrogen and oxygen atoms in total. The number of pyridine rings is 1. The second kappa shape index (κ2) is 8.55. The fraction of sp³-hybridized carbons (Fsp3) is 0.435. The van der Waals surface area contributed by atoms with Crippen LogP contribution in [0.1, 0.15) is 17.0 Å². The van der Waals surface area contributed by atoms with E-state index >= 15 is 0 Å². The Balaban J connectivity index is 1.64. The molecule has 1 spiro atoms. The van der Waals surface area contributed by atoms with Crippen molar-refractivity contribution in [1.29, 1.82) is 0 Å². The van der Waals surface area contributed by atoms with Gasteiger partial charge in [0.15, 0.2) is 5.60 Å². The van der Waals surface area contributed by atoms with Crippen LogP contribution in [0, 0.1) is 0 Å². The van der Waals surface area contributed by atoms with Gasteiger partial charge in [0.2, 0.25) is 0 Å². The molecule has 0 aliphatic carbocycles. The second-order valence-corrected chi connectivity index (χ2v) is 8.21. The highest BCUT2D eigenvalue weighted by Gasteiger charge is 2.58. The number of morpholine rings is 1. The first-order chi connectivity index (χ1) is 14.9. The number of rotatable bonds is 4. The van der Waals surface area contributed by atoms with Crippen LogP contribution in [0.2, 0.25) is 0 Å². The molecule has 2 saturated heterocycles. The lowest BCUT2D eigenvalue weighted by molar-refractivity contribution is -0.172. The molecule has 0 N–H and O–H groups in total. The number of benzene rings is 1. The van der Waals surface area contributed by atoms with Crippen LogP contribution in [0.25, 0.3) is 0 Å². The van der Waals surface area contributed by atoms with Crippen LogP contribution < -0.4 is 4.74 Å². The molecule has 2 aromatic rings. The molecule has 2 fully saturated rings. The maximum absolute atomic E-state index is 13.8. The first-order valence-corrected chi connectivity index (χ1v) is 10.4. The molecule has 31 heavy (non-hydrogen) atoms. The standard InChI is InChI=1S/C23H28N4O4/c1-25(2)22(29)27-15-20(18-5-4-10-24-13-18)23(16-27)21(28)26(11-12-31-23)14-17-6-8-19(30-3)9-7-17/h4-10,13,20H,11-12,14-16H2,1-3H3/t20-,23-/m0/s1. The van der Waals surface area contributed by atoms with Gasteiger partial charge in [-0.1, -0.05) is 18.2 Å². The topological polar surface area (TPSA) is 75.2 Å². The fourth-order valence-corrected chi connectivity index (χ4v) is 4.45. The summed E-state index contributed by atoms with van der Waals surface area (Å²) in [6, 6.07) is 11.4. The summed E-state index contributed by atoms with van der Waals surface area (Å²) in [6.07, 6.45) is 3.46. The van der Waals surface area contributed by atoms with Gasteiger partial charge >= 0.3 is 6.03 Å². The number of aromatic nitrogens is 1. The van der Waals surface area contributed by atoms with Crippen molar-refractivity contribution in [3.63, 3.8) is 0 Å². The minimum absolute atomic E-state index is 0.0857. The molecular weight excluding hydrogens is 396 g/mol. The zero-order valence-electron chi connectivity index (χ0n) is 18.2. The Hall–Kier alpha value is -3.13. The van der Waals surface area contributed by atoms with Crippen molar-refractivity contribution in [3.8, 4) is 5.75 Å². The lowest BCUT2D eigenvalue weighted by atomic mass is 9.83. The average Bonchev–Trinajstić information content (AvgIpc) is 3.17. The summed E-state index contributed by atoms with van der Waals surface area (Å²) < 4.78 is 11.4. The van der Waals surface area contributed by atoms with Crippen LogP contribution >= 0.6 is 0 Å². The monoisotopic (exact) mass is 424 g/mol. The van der Waals surface area contributed by atoms with Gasteiger partial charge in [0.1, 0.15) is 5.75 Å². The molecule has 4 rings (SSSR count). The van der Waals surface area contributed by atoms with Gasteiger partial charge in [0, 0.05) is 52.0 Å². The first kappa shape index (κ1) is 21.1. The number of carbonyl (C=O) groups is 2. The third-order valence-electron chi connectivity index (χ3n) is 6.03. The highest BCUT2D eigenvalue weighted by atomic mass is 16.5. The van der Waals surface area contributed by atoms with Gasteiger partial charge in [-0.3, -0.25) is 9.78 Å². The van der Waals surface area contributed by atoms with E-state index in [1.807, 2.05) is 41.3 Å². The highest BCUT2D eigenvalue weighted by Crippen LogP contribution is 2.42. The van der Waals surface area contributed by atoms with E-state index in [9.17, 15) is 9.59 Å². The van der Waals surface area contributed by atoms with Crippen molar-refractivity contribution in [1.82, 2.24) is 19.7 Å². The number of nitrogens with zero attached hydrogens (tertiary/aromatic N) is 4. The largest absolute Gasteiger partial charge is 0.497 e. The Labute approximate surface area is 182 Å². The summed E-state index contributed by atoms with van der Waals surface area (Å²) in [5, 5.41) is 0. The van der Waals surface area contributed by atoms with E-state index < -0.39 is 5.60 Å². The number of urea groups is 1. The molecule has 3 amide bonds. The molecule has 1 aromatic heterocycles. The maximum atomic E-state index is 13.8. The summed E-state index contributed by atoms with van der Waals surface area (Å²) in [5.74, 6) is 0.410. The molecule has 2 aliphatic heterocycles. The number of ether oxygens (including phenoxy) is 2. The van der Waals surface area contributed by atoms with Crippen LogP contribution in [0.3, 0.4) is 0 Å². The molecule has 0 unspecified atom stereocenters. The van der Waals surface area contributed by atoms with Crippen LogP contribution in [0.5, 0.6) is 5.75 Å². The maximum Gasteiger partial charge on any atom is 0.319 e. The van der Waals surface area contributed by atoms with Gasteiger partial charge in [-0.25, -0.2) is 4.79 Å². The molecule has 164 valence electrons. The quantitative estimate of drug-likeness (QED) is 0.750. The van der Waals surface area contributed by atoms with Crippen LogP contribution in [0.15, 0.2) is 48.8 Å². The minimum Gasteiger partial charge on any atom is -0.497 e. The van der Waals surface area contributed by atoms with Crippen LogP contribution in [-0.4, -0.2) is 84.7 Å². The number of carbonyl (C=O) groups excluding carboxylic acids is 2. The third kappa shape index (κ3) is 3.95. The summed E-state index contributed by atoms with van der Waals surface area (Å²) >= 11 is 0. The normalized spacial score (nSPS) is 23.3. The summed E-state index contributed by atoms with van der Waals surface area (Å²) in [5.41, 5.74) is 0.805. The van der Waals surface area contributed by atoms with Crippen LogP contribution in [0.4, 0.5) is 4.79 Å². The van der Waals surface area contributed by atoms with E-state index in [0.29, 0.717) is 26.2 Å². The summed E-state index contributed by atoms with van der Waals surface area (Å²) in [4.78, 5) is 35.8.